The van der Waals surface area contributed by atoms with Crippen LogP contribution < -0.4 is 10.9 Å². The number of nitrogens with one attached hydrogen (secondary N) is 1. The number of nitrogens with zero attached hydrogens (tertiary/aromatic N) is 4. The third-order valence-electron chi connectivity index (χ3n) is 6.48. The van der Waals surface area contributed by atoms with Crippen molar-refractivity contribution < 1.29 is 13.2 Å². The number of aromatic nitrogens is 2. The minimum atomic E-state index is -3.35. The Bertz CT molecular complexity index is 1020. The van der Waals surface area contributed by atoms with Gasteiger partial charge < -0.3 is 10.2 Å². The summed E-state index contributed by atoms with van der Waals surface area (Å²) in [6.45, 7) is 7.96. The van der Waals surface area contributed by atoms with Crippen molar-refractivity contribution >= 4 is 16.1 Å². The number of hydrogen-bond donors (Lipinski definition) is 1. The molecular weight excluding hydrogens is 406 g/mol. The maximum Gasteiger partial charge on any atom is 0.317 e. The van der Waals surface area contributed by atoms with E-state index in [0.29, 0.717) is 44.6 Å². The first kappa shape index (κ1) is 21.3. The molecule has 10 heteroatoms. The van der Waals surface area contributed by atoms with Crippen molar-refractivity contribution in [1.29, 1.82) is 0 Å². The van der Waals surface area contributed by atoms with Gasteiger partial charge in [0.1, 0.15) is 5.82 Å². The minimum absolute atomic E-state index is 0.0718. The van der Waals surface area contributed by atoms with Gasteiger partial charge in [0.15, 0.2) is 0 Å². The predicted octanol–water partition coefficient (Wildman–Crippen LogP) is 0.806. The van der Waals surface area contributed by atoms with Gasteiger partial charge in [0, 0.05) is 50.6 Å². The van der Waals surface area contributed by atoms with Gasteiger partial charge in [-0.2, -0.15) is 4.31 Å². The van der Waals surface area contributed by atoms with E-state index < -0.39 is 10.0 Å². The van der Waals surface area contributed by atoms with Gasteiger partial charge in [-0.25, -0.2) is 18.2 Å². The summed E-state index contributed by atoms with van der Waals surface area (Å²) < 4.78 is 28.1. The van der Waals surface area contributed by atoms with E-state index in [0.717, 1.165) is 24.4 Å². The summed E-state index contributed by atoms with van der Waals surface area (Å²) in [7, 11) is -3.35. The largest absolute Gasteiger partial charge is 0.336 e. The van der Waals surface area contributed by atoms with Gasteiger partial charge in [-0.3, -0.25) is 9.36 Å². The molecule has 3 aliphatic rings. The fourth-order valence-corrected chi connectivity index (χ4v) is 6.40. The molecule has 30 heavy (non-hydrogen) atoms. The molecule has 1 aromatic heterocycles. The lowest BCUT2D eigenvalue weighted by atomic mass is 9.85. The number of carbonyl (C=O) groups is 1. The molecule has 1 aromatic rings. The fraction of sp³-hybridized carbons (Fsp3) is 0.750. The molecule has 0 saturated carbocycles. The highest BCUT2D eigenvalue weighted by Crippen LogP contribution is 2.41. The molecule has 1 atom stereocenters. The van der Waals surface area contributed by atoms with Crippen LogP contribution in [0.2, 0.25) is 0 Å². The van der Waals surface area contributed by atoms with E-state index in [1.807, 2.05) is 25.7 Å². The highest BCUT2D eigenvalue weighted by atomic mass is 32.2. The first-order valence-corrected chi connectivity index (χ1v) is 12.4. The predicted molar refractivity (Wildman–Crippen MR) is 113 cm³/mol. The molecule has 0 aromatic carbocycles. The molecule has 0 radical (unpaired) electrons. The van der Waals surface area contributed by atoms with Crippen molar-refractivity contribution in [3.8, 4) is 0 Å². The van der Waals surface area contributed by atoms with Crippen LogP contribution in [0.25, 0.3) is 0 Å². The van der Waals surface area contributed by atoms with Crippen LogP contribution in [0, 0.1) is 0 Å². The highest BCUT2D eigenvalue weighted by Gasteiger charge is 2.48. The van der Waals surface area contributed by atoms with E-state index in [2.05, 4.69) is 5.32 Å². The van der Waals surface area contributed by atoms with Gasteiger partial charge in [-0.15, -0.1) is 0 Å². The van der Waals surface area contributed by atoms with Crippen molar-refractivity contribution in [2.24, 2.45) is 0 Å². The quantitative estimate of drug-likeness (QED) is 0.750. The average Bonchev–Trinajstić information content (AvgIpc) is 3.27. The normalized spacial score (nSPS) is 23.8. The molecular formula is C20H31N5O4S. The maximum absolute atomic E-state index is 13.2. The number of hydrogen-bond acceptors (Lipinski definition) is 5. The van der Waals surface area contributed by atoms with E-state index in [1.165, 1.54) is 4.31 Å². The lowest BCUT2D eigenvalue weighted by Crippen LogP contribution is -2.44. The van der Waals surface area contributed by atoms with Crippen LogP contribution in [0.3, 0.4) is 0 Å². The fourth-order valence-electron chi connectivity index (χ4n) is 4.93. The van der Waals surface area contributed by atoms with Crippen molar-refractivity contribution in [2.75, 3.05) is 25.4 Å². The third kappa shape index (κ3) is 3.53. The van der Waals surface area contributed by atoms with Crippen molar-refractivity contribution in [3.63, 3.8) is 0 Å². The first-order chi connectivity index (χ1) is 14.2. The number of fused-ring (bicyclic) bond motifs is 3. The number of likely N-dealkylation sites (tertiary alicyclic amines) is 1. The summed E-state index contributed by atoms with van der Waals surface area (Å²) in [5.41, 5.74) is 0.830. The van der Waals surface area contributed by atoms with Crippen molar-refractivity contribution in [3.05, 3.63) is 27.4 Å². The van der Waals surface area contributed by atoms with Crippen LogP contribution in [0.15, 0.2) is 4.79 Å². The lowest BCUT2D eigenvalue weighted by Gasteiger charge is -2.29. The lowest BCUT2D eigenvalue weighted by molar-refractivity contribution is 0.202. The van der Waals surface area contributed by atoms with E-state index in [9.17, 15) is 18.0 Å². The van der Waals surface area contributed by atoms with E-state index in [-0.39, 0.29) is 35.3 Å². The monoisotopic (exact) mass is 437 g/mol. The number of amides is 2. The van der Waals surface area contributed by atoms with Gasteiger partial charge in [0.25, 0.3) is 5.56 Å². The van der Waals surface area contributed by atoms with Crippen LogP contribution in [-0.4, -0.2) is 64.6 Å². The third-order valence-corrected chi connectivity index (χ3v) is 8.50. The Morgan fingerprint density at radius 1 is 1.23 bits per heavy atom. The Hall–Kier alpha value is -1.94. The molecule has 1 saturated heterocycles. The Balaban J connectivity index is 1.62. The molecule has 0 aliphatic carbocycles. The van der Waals surface area contributed by atoms with Crippen molar-refractivity contribution in [2.45, 2.75) is 71.0 Å². The topological polar surface area (TPSA) is 105 Å². The molecule has 166 valence electrons. The Morgan fingerprint density at radius 2 is 1.97 bits per heavy atom. The van der Waals surface area contributed by atoms with Crippen LogP contribution >= 0.6 is 0 Å². The smallest absolute Gasteiger partial charge is 0.317 e. The van der Waals surface area contributed by atoms with E-state index in [4.69, 9.17) is 4.98 Å². The second-order valence-electron chi connectivity index (χ2n) is 9.02. The molecule has 2 amide bonds. The molecule has 4 heterocycles. The molecule has 4 rings (SSSR count). The zero-order chi connectivity index (χ0) is 21.7. The zero-order valence-corrected chi connectivity index (χ0v) is 18.8. The van der Waals surface area contributed by atoms with Crippen molar-refractivity contribution in [1.82, 2.24) is 24.1 Å². The van der Waals surface area contributed by atoms with Gasteiger partial charge in [0.05, 0.1) is 17.0 Å². The molecule has 0 bridgehead atoms. The highest BCUT2D eigenvalue weighted by molar-refractivity contribution is 7.89. The average molecular weight is 438 g/mol. The van der Waals surface area contributed by atoms with Gasteiger partial charge in [-0.1, -0.05) is 6.92 Å². The Labute approximate surface area is 177 Å². The van der Waals surface area contributed by atoms with Crippen LogP contribution in [0.1, 0.15) is 57.1 Å². The standard InChI is InChI=1S/C20H31N5O4S/c1-4-11-30(28,29)24-8-5-16-15(12-24)17(26)25-10-7-20(18(25)22-16)6-9-23(13-20)19(27)21-14(2)3/h14H,4-13H2,1-3H3,(H,21,27)/t20-/m1/s1. The van der Waals surface area contributed by atoms with Crippen LogP contribution in [0.4, 0.5) is 4.79 Å². The van der Waals surface area contributed by atoms with E-state index >= 15 is 0 Å². The van der Waals surface area contributed by atoms with E-state index in [1.54, 1.807) is 4.57 Å². The minimum Gasteiger partial charge on any atom is -0.336 e. The van der Waals surface area contributed by atoms with Gasteiger partial charge in [0.2, 0.25) is 10.0 Å². The molecule has 1 fully saturated rings. The first-order valence-electron chi connectivity index (χ1n) is 10.8. The second kappa shape index (κ2) is 7.64. The molecule has 0 unspecified atom stereocenters. The molecule has 9 nitrogen and oxygen atoms in total. The number of sulfonamides is 1. The molecule has 1 N–H and O–H groups in total. The summed E-state index contributed by atoms with van der Waals surface area (Å²) in [5.74, 6) is 0.871. The Morgan fingerprint density at radius 3 is 2.67 bits per heavy atom. The summed E-state index contributed by atoms with van der Waals surface area (Å²) in [4.78, 5) is 32.4. The molecule has 1 spiro atoms. The van der Waals surface area contributed by atoms with Gasteiger partial charge in [-0.05, 0) is 33.1 Å². The zero-order valence-electron chi connectivity index (χ0n) is 18.0. The summed E-state index contributed by atoms with van der Waals surface area (Å²) >= 11 is 0. The molecule has 3 aliphatic heterocycles. The SMILES string of the molecule is CCCS(=O)(=O)N1CCc2nc3n(c(=O)c2C1)CC[C@@]31CCN(C(=O)NC(C)C)C1. The second-order valence-corrected chi connectivity index (χ2v) is 11.1. The Kier molecular flexibility index (Phi) is 5.42. The van der Waals surface area contributed by atoms with Crippen LogP contribution in [-0.2, 0) is 34.9 Å². The summed E-state index contributed by atoms with van der Waals surface area (Å²) in [6, 6.07) is 0.00187. The van der Waals surface area contributed by atoms with Gasteiger partial charge >= 0.3 is 6.03 Å². The van der Waals surface area contributed by atoms with Crippen LogP contribution in [0.5, 0.6) is 0 Å². The number of carbonyl (C=O) groups excluding carboxylic acids is 1. The summed E-state index contributed by atoms with van der Waals surface area (Å²) in [5, 5.41) is 2.94. The number of urea groups is 1. The maximum atomic E-state index is 13.2. The summed E-state index contributed by atoms with van der Waals surface area (Å²) in [6.07, 6.45) is 2.58. The number of rotatable bonds is 4.